The molecule has 0 bridgehead atoms. The summed E-state index contributed by atoms with van der Waals surface area (Å²) in [7, 11) is 0.386. The minimum absolute atomic E-state index is 0.0429. The number of hydrogen-bond donors (Lipinski definition) is 0. The largest absolute Gasteiger partial charge is 0.497 e. The van der Waals surface area contributed by atoms with Gasteiger partial charge in [0.25, 0.3) is 0 Å². The molecular weight excluding hydrogens is 272 g/mol. The van der Waals surface area contributed by atoms with E-state index in [2.05, 4.69) is 0 Å². The predicted octanol–water partition coefficient (Wildman–Crippen LogP) is 2.83. The number of benzene rings is 2. The van der Waals surface area contributed by atoms with E-state index in [1.165, 1.54) is 0 Å². The SMILES string of the molecule is COc1ccc(C(=O)CS(=O)Cc2ccccc2)cc1. The quantitative estimate of drug-likeness (QED) is 0.768. The Labute approximate surface area is 121 Å². The van der Waals surface area contributed by atoms with Crippen LogP contribution in [0.15, 0.2) is 54.6 Å². The molecule has 0 saturated heterocycles. The van der Waals surface area contributed by atoms with Gasteiger partial charge in [0.05, 0.1) is 12.9 Å². The number of carbonyl (C=O) groups excluding carboxylic acids is 1. The van der Waals surface area contributed by atoms with Crippen LogP contribution < -0.4 is 4.74 Å². The zero-order valence-corrected chi connectivity index (χ0v) is 12.1. The second-order valence-electron chi connectivity index (χ2n) is 4.37. The van der Waals surface area contributed by atoms with Crippen molar-refractivity contribution in [3.63, 3.8) is 0 Å². The van der Waals surface area contributed by atoms with Crippen molar-refractivity contribution in [2.45, 2.75) is 5.75 Å². The van der Waals surface area contributed by atoms with Crippen LogP contribution in [0.25, 0.3) is 0 Å². The fourth-order valence-corrected chi connectivity index (χ4v) is 2.94. The molecule has 0 radical (unpaired) electrons. The molecule has 0 amide bonds. The van der Waals surface area contributed by atoms with Crippen molar-refractivity contribution in [3.8, 4) is 5.75 Å². The summed E-state index contributed by atoms with van der Waals surface area (Å²) in [6.45, 7) is 0. The molecule has 2 aromatic carbocycles. The Hall–Kier alpha value is -1.94. The van der Waals surface area contributed by atoms with E-state index in [0.717, 1.165) is 5.56 Å². The van der Waals surface area contributed by atoms with Crippen LogP contribution in [0.2, 0.25) is 0 Å². The highest BCUT2D eigenvalue weighted by Gasteiger charge is 2.11. The van der Waals surface area contributed by atoms with Crippen molar-refractivity contribution in [1.82, 2.24) is 0 Å². The summed E-state index contributed by atoms with van der Waals surface area (Å²) < 4.78 is 17.0. The summed E-state index contributed by atoms with van der Waals surface area (Å²) in [4.78, 5) is 12.0. The average molecular weight is 288 g/mol. The standard InChI is InChI=1S/C16H16O3S/c1-19-15-9-7-14(8-10-15)16(17)12-20(18)11-13-5-3-2-4-6-13/h2-10H,11-12H2,1H3. The number of ether oxygens (including phenoxy) is 1. The van der Waals surface area contributed by atoms with Gasteiger partial charge in [-0.15, -0.1) is 0 Å². The Morgan fingerprint density at radius 1 is 1.05 bits per heavy atom. The van der Waals surface area contributed by atoms with Crippen LogP contribution in [0.5, 0.6) is 5.75 Å². The Morgan fingerprint density at radius 3 is 2.30 bits per heavy atom. The average Bonchev–Trinajstić information content (AvgIpc) is 2.48. The zero-order valence-electron chi connectivity index (χ0n) is 11.2. The molecular formula is C16H16O3S. The summed E-state index contributed by atoms with van der Waals surface area (Å²) in [5.41, 5.74) is 1.54. The topological polar surface area (TPSA) is 43.4 Å². The van der Waals surface area contributed by atoms with Crippen LogP contribution in [0.3, 0.4) is 0 Å². The van der Waals surface area contributed by atoms with Gasteiger partial charge in [-0.2, -0.15) is 0 Å². The third kappa shape index (κ3) is 4.03. The van der Waals surface area contributed by atoms with Gasteiger partial charge in [-0.05, 0) is 29.8 Å². The van der Waals surface area contributed by atoms with E-state index < -0.39 is 10.8 Å². The van der Waals surface area contributed by atoms with Gasteiger partial charge in [0.2, 0.25) is 0 Å². The second kappa shape index (κ2) is 7.01. The Kier molecular flexibility index (Phi) is 5.07. The van der Waals surface area contributed by atoms with Gasteiger partial charge in [0.1, 0.15) is 5.75 Å². The molecule has 0 fully saturated rings. The highest BCUT2D eigenvalue weighted by molar-refractivity contribution is 7.85. The number of ketones is 1. The van der Waals surface area contributed by atoms with Gasteiger partial charge >= 0.3 is 0 Å². The number of Topliss-reactive ketones (excluding diaryl/α,β-unsaturated/α-hetero) is 1. The van der Waals surface area contributed by atoms with Crippen molar-refractivity contribution in [1.29, 1.82) is 0 Å². The van der Waals surface area contributed by atoms with Crippen molar-refractivity contribution in [2.75, 3.05) is 12.9 Å². The van der Waals surface area contributed by atoms with Gasteiger partial charge < -0.3 is 4.74 Å². The number of hydrogen-bond acceptors (Lipinski definition) is 3. The van der Waals surface area contributed by atoms with Crippen molar-refractivity contribution >= 4 is 16.6 Å². The summed E-state index contributed by atoms with van der Waals surface area (Å²) in [5, 5.41) is 0. The third-order valence-corrected chi connectivity index (χ3v) is 4.11. The highest BCUT2D eigenvalue weighted by Crippen LogP contribution is 2.12. The molecule has 3 nitrogen and oxygen atoms in total. The lowest BCUT2D eigenvalue weighted by Gasteiger charge is -2.04. The first kappa shape index (κ1) is 14.5. The minimum Gasteiger partial charge on any atom is -0.497 e. The van der Waals surface area contributed by atoms with Gasteiger partial charge in [-0.3, -0.25) is 9.00 Å². The minimum atomic E-state index is -1.19. The molecule has 2 aromatic rings. The van der Waals surface area contributed by atoms with Crippen LogP contribution in [0.1, 0.15) is 15.9 Å². The molecule has 0 aliphatic heterocycles. The molecule has 0 saturated carbocycles. The number of rotatable bonds is 6. The second-order valence-corrected chi connectivity index (χ2v) is 5.82. The third-order valence-electron chi connectivity index (χ3n) is 2.87. The first-order valence-electron chi connectivity index (χ1n) is 6.25. The molecule has 0 aliphatic rings. The predicted molar refractivity (Wildman–Crippen MR) is 80.5 cm³/mol. The van der Waals surface area contributed by atoms with Crippen LogP contribution in [-0.4, -0.2) is 22.9 Å². The van der Waals surface area contributed by atoms with Gasteiger partial charge in [-0.1, -0.05) is 30.3 Å². The van der Waals surface area contributed by atoms with Gasteiger partial charge in [0, 0.05) is 22.1 Å². The number of carbonyl (C=O) groups is 1. The molecule has 1 atom stereocenters. The first-order valence-corrected chi connectivity index (χ1v) is 7.74. The molecule has 104 valence electrons. The van der Waals surface area contributed by atoms with Crippen molar-refractivity contribution in [2.24, 2.45) is 0 Å². The lowest BCUT2D eigenvalue weighted by Crippen LogP contribution is -2.12. The normalized spacial score (nSPS) is 11.8. The molecule has 0 aliphatic carbocycles. The van der Waals surface area contributed by atoms with E-state index in [-0.39, 0.29) is 11.5 Å². The van der Waals surface area contributed by atoms with E-state index in [9.17, 15) is 9.00 Å². The summed E-state index contributed by atoms with van der Waals surface area (Å²) >= 11 is 0. The van der Waals surface area contributed by atoms with E-state index in [4.69, 9.17) is 4.74 Å². The Balaban J connectivity index is 1.95. The maximum absolute atomic E-state index is 12.0. The fourth-order valence-electron chi connectivity index (χ4n) is 1.82. The van der Waals surface area contributed by atoms with Gasteiger partial charge in [-0.25, -0.2) is 0 Å². The first-order chi connectivity index (χ1) is 9.69. The van der Waals surface area contributed by atoms with E-state index in [1.54, 1.807) is 31.4 Å². The number of methoxy groups -OCH3 is 1. The zero-order chi connectivity index (χ0) is 14.4. The van der Waals surface area contributed by atoms with Crippen molar-refractivity contribution < 1.29 is 13.7 Å². The fraction of sp³-hybridized carbons (Fsp3) is 0.188. The lowest BCUT2D eigenvalue weighted by molar-refractivity contribution is 0.102. The molecule has 2 rings (SSSR count). The maximum atomic E-state index is 12.0. The van der Waals surface area contributed by atoms with E-state index in [0.29, 0.717) is 17.1 Å². The van der Waals surface area contributed by atoms with Crippen LogP contribution >= 0.6 is 0 Å². The molecule has 0 N–H and O–H groups in total. The van der Waals surface area contributed by atoms with Crippen molar-refractivity contribution in [3.05, 3.63) is 65.7 Å². The van der Waals surface area contributed by atoms with Crippen LogP contribution in [-0.2, 0) is 16.6 Å². The molecule has 0 spiro atoms. The summed E-state index contributed by atoms with van der Waals surface area (Å²) in [5.74, 6) is 1.04. The van der Waals surface area contributed by atoms with E-state index >= 15 is 0 Å². The van der Waals surface area contributed by atoms with Gasteiger partial charge in [0.15, 0.2) is 5.78 Å². The molecule has 4 heteroatoms. The monoisotopic (exact) mass is 288 g/mol. The lowest BCUT2D eigenvalue weighted by atomic mass is 10.1. The summed E-state index contributed by atoms with van der Waals surface area (Å²) in [6.07, 6.45) is 0. The molecule has 1 unspecified atom stereocenters. The van der Waals surface area contributed by atoms with Crippen LogP contribution in [0.4, 0.5) is 0 Å². The smallest absolute Gasteiger partial charge is 0.175 e. The summed E-state index contributed by atoms with van der Waals surface area (Å²) in [6, 6.07) is 16.4. The molecule has 20 heavy (non-hydrogen) atoms. The maximum Gasteiger partial charge on any atom is 0.175 e. The highest BCUT2D eigenvalue weighted by atomic mass is 32.2. The van der Waals surface area contributed by atoms with Crippen LogP contribution in [0, 0.1) is 0 Å². The van der Waals surface area contributed by atoms with E-state index in [1.807, 2.05) is 30.3 Å². The Morgan fingerprint density at radius 2 is 1.70 bits per heavy atom. The molecule has 0 aromatic heterocycles. The Bertz CT molecular complexity index is 591. The molecule has 0 heterocycles.